The van der Waals surface area contributed by atoms with E-state index < -0.39 is 36.2 Å². The van der Waals surface area contributed by atoms with Crippen LogP contribution in [0.3, 0.4) is 0 Å². The van der Waals surface area contributed by atoms with Crippen molar-refractivity contribution in [3.05, 3.63) is 56.5 Å². The topological polar surface area (TPSA) is 103 Å². The van der Waals surface area contributed by atoms with Gasteiger partial charge in [0.25, 0.3) is 12.3 Å². The second-order valence-electron chi connectivity index (χ2n) is 8.80. The van der Waals surface area contributed by atoms with Gasteiger partial charge in [0, 0.05) is 34.7 Å². The van der Waals surface area contributed by atoms with E-state index in [9.17, 15) is 18.4 Å². The van der Waals surface area contributed by atoms with E-state index >= 15 is 4.39 Å². The Morgan fingerprint density at radius 1 is 1.26 bits per heavy atom. The number of hydrogen-bond acceptors (Lipinski definition) is 8. The predicted molar refractivity (Wildman–Crippen MR) is 135 cm³/mol. The molecule has 1 N–H and O–H groups in total. The maximum absolute atomic E-state index is 15.2. The third kappa shape index (κ3) is 5.93. The van der Waals surface area contributed by atoms with Crippen LogP contribution in [0.4, 0.5) is 13.2 Å². The number of alkyl halides is 2. The van der Waals surface area contributed by atoms with E-state index in [-0.39, 0.29) is 58.0 Å². The van der Waals surface area contributed by atoms with Gasteiger partial charge in [-0.05, 0) is 36.7 Å². The Morgan fingerprint density at radius 3 is 2.58 bits per heavy atom. The molecule has 2 aromatic heterocycles. The van der Waals surface area contributed by atoms with Gasteiger partial charge in [0.2, 0.25) is 0 Å². The van der Waals surface area contributed by atoms with Crippen molar-refractivity contribution >= 4 is 46.4 Å². The van der Waals surface area contributed by atoms with Crippen molar-refractivity contribution in [1.29, 1.82) is 0 Å². The van der Waals surface area contributed by atoms with Gasteiger partial charge in [-0.1, -0.05) is 34.6 Å². The molecule has 1 fully saturated rings. The van der Waals surface area contributed by atoms with Crippen molar-refractivity contribution in [1.82, 2.24) is 19.9 Å². The van der Waals surface area contributed by atoms with Crippen molar-refractivity contribution in [2.45, 2.75) is 38.2 Å². The summed E-state index contributed by atoms with van der Waals surface area (Å²) in [4.78, 5) is 30.3. The third-order valence-electron chi connectivity index (χ3n) is 5.94. The Kier molecular flexibility index (Phi) is 8.55. The van der Waals surface area contributed by atoms with Crippen LogP contribution in [0.1, 0.15) is 40.3 Å². The molecule has 1 aliphatic heterocycles. The average molecular weight is 589 g/mol. The number of aromatic nitrogens is 3. The van der Waals surface area contributed by atoms with Gasteiger partial charge < -0.3 is 14.8 Å². The van der Waals surface area contributed by atoms with Crippen LogP contribution in [0.15, 0.2) is 24.4 Å². The number of carbonyl (C=O) groups excluding carboxylic acids is 2. The van der Waals surface area contributed by atoms with Gasteiger partial charge in [-0.3, -0.25) is 14.6 Å². The second kappa shape index (κ2) is 11.5. The molecular formula is C24H21Cl2F3N4O4S. The van der Waals surface area contributed by atoms with E-state index in [0.717, 1.165) is 17.6 Å². The highest BCUT2D eigenvalue weighted by molar-refractivity contribution is 7.08. The summed E-state index contributed by atoms with van der Waals surface area (Å²) in [6.07, 6.45) is -1.55. The SMILES string of the molecule is Cc1nnsc1C(=O)NC1(C(=O)C[C@H](C)c2ncc(-c3cc(Cl)cc(Cl)c3OCC(F)F)cc2F)COC1. The summed E-state index contributed by atoms with van der Waals surface area (Å²) in [5.74, 6) is -2.29. The largest absolute Gasteiger partial charge is 0.485 e. The van der Waals surface area contributed by atoms with Crippen LogP contribution in [0.2, 0.25) is 10.0 Å². The maximum Gasteiger partial charge on any atom is 0.272 e. The van der Waals surface area contributed by atoms with Crippen molar-refractivity contribution < 1.29 is 32.2 Å². The van der Waals surface area contributed by atoms with E-state index in [4.69, 9.17) is 32.7 Å². The van der Waals surface area contributed by atoms with Crippen molar-refractivity contribution in [2.75, 3.05) is 19.8 Å². The summed E-state index contributed by atoms with van der Waals surface area (Å²) < 4.78 is 54.7. The minimum atomic E-state index is -2.75. The van der Waals surface area contributed by atoms with E-state index in [0.29, 0.717) is 10.6 Å². The van der Waals surface area contributed by atoms with Crippen LogP contribution in [-0.4, -0.2) is 58.0 Å². The highest BCUT2D eigenvalue weighted by Crippen LogP contribution is 2.40. The average Bonchev–Trinajstić information content (AvgIpc) is 3.25. The molecule has 1 saturated heterocycles. The van der Waals surface area contributed by atoms with Gasteiger partial charge in [0.05, 0.1) is 29.6 Å². The monoisotopic (exact) mass is 588 g/mol. The molecule has 14 heteroatoms. The Morgan fingerprint density at radius 2 is 2.00 bits per heavy atom. The number of nitrogens with zero attached hydrogens (tertiary/aromatic N) is 3. The van der Waals surface area contributed by atoms with E-state index in [1.54, 1.807) is 13.8 Å². The fourth-order valence-corrected chi connectivity index (χ4v) is 5.02. The summed E-state index contributed by atoms with van der Waals surface area (Å²) in [6, 6.07) is 3.87. The smallest absolute Gasteiger partial charge is 0.272 e. The number of rotatable bonds is 10. The molecule has 3 aromatic rings. The standard InChI is InChI=1S/C24H21Cl2F3N4O4S/c1-11(3-18(34)24(9-36-10-24)31-23(35)22-12(2)32-33-38-22)20-17(27)4-13(7-30-20)15-5-14(25)6-16(26)21(15)37-8-19(28)29/h4-7,11,19H,3,8-10H2,1-2H3,(H,31,35)/t11-/m0/s1. The van der Waals surface area contributed by atoms with Gasteiger partial charge in [-0.2, -0.15) is 0 Å². The number of benzene rings is 1. The normalized spacial score (nSPS) is 15.2. The number of amides is 1. The first-order chi connectivity index (χ1) is 18.0. The van der Waals surface area contributed by atoms with Crippen LogP contribution in [0.25, 0.3) is 11.1 Å². The molecule has 38 heavy (non-hydrogen) atoms. The lowest BCUT2D eigenvalue weighted by Gasteiger charge is -2.40. The molecule has 0 aliphatic carbocycles. The number of Topliss-reactive ketones (excluding diaryl/α,β-unsaturated/α-hetero) is 1. The van der Waals surface area contributed by atoms with Crippen molar-refractivity contribution in [3.63, 3.8) is 0 Å². The van der Waals surface area contributed by atoms with E-state index in [2.05, 4.69) is 19.9 Å². The summed E-state index contributed by atoms with van der Waals surface area (Å²) in [7, 11) is 0. The Hall–Kier alpha value is -2.80. The third-order valence-corrected chi connectivity index (χ3v) is 7.27. The van der Waals surface area contributed by atoms with Gasteiger partial charge in [-0.25, -0.2) is 13.2 Å². The number of aryl methyl sites for hydroxylation is 1. The van der Waals surface area contributed by atoms with Crippen LogP contribution >= 0.6 is 34.7 Å². The molecule has 3 heterocycles. The lowest BCUT2D eigenvalue weighted by molar-refractivity contribution is -0.144. The van der Waals surface area contributed by atoms with Crippen molar-refractivity contribution in [2.24, 2.45) is 0 Å². The van der Waals surface area contributed by atoms with Crippen LogP contribution < -0.4 is 10.1 Å². The lowest BCUT2D eigenvalue weighted by Crippen LogP contribution is -2.67. The molecule has 4 rings (SSSR count). The molecule has 0 radical (unpaired) electrons. The number of ether oxygens (including phenoxy) is 2. The van der Waals surface area contributed by atoms with Crippen LogP contribution in [0.5, 0.6) is 5.75 Å². The summed E-state index contributed by atoms with van der Waals surface area (Å²) in [5, 5.41) is 6.70. The maximum atomic E-state index is 15.2. The van der Waals surface area contributed by atoms with Crippen LogP contribution in [-0.2, 0) is 9.53 Å². The first-order valence-electron chi connectivity index (χ1n) is 11.3. The molecule has 1 atom stereocenters. The Bertz CT molecular complexity index is 1370. The quantitative estimate of drug-likeness (QED) is 0.344. The molecular weight excluding hydrogens is 568 g/mol. The van der Waals surface area contributed by atoms with Gasteiger partial charge in [-0.15, -0.1) is 5.10 Å². The summed E-state index contributed by atoms with van der Waals surface area (Å²) in [5.41, 5.74) is -0.408. The van der Waals surface area contributed by atoms with Gasteiger partial charge in [0.1, 0.15) is 28.6 Å². The minimum absolute atomic E-state index is 0.00879. The number of nitrogens with one attached hydrogen (secondary N) is 1. The zero-order valence-corrected chi connectivity index (χ0v) is 22.4. The zero-order valence-electron chi connectivity index (χ0n) is 20.1. The molecule has 0 saturated carbocycles. The Balaban J connectivity index is 1.52. The number of halogens is 5. The molecule has 1 amide bonds. The first kappa shape index (κ1) is 28.2. The highest BCUT2D eigenvalue weighted by Gasteiger charge is 2.47. The molecule has 202 valence electrons. The molecule has 0 unspecified atom stereocenters. The van der Waals surface area contributed by atoms with Crippen molar-refractivity contribution in [3.8, 4) is 16.9 Å². The number of hydrogen-bond donors (Lipinski definition) is 1. The van der Waals surface area contributed by atoms with Gasteiger partial charge in [0.15, 0.2) is 5.78 Å². The van der Waals surface area contributed by atoms with Gasteiger partial charge >= 0.3 is 0 Å². The number of pyridine rings is 1. The van der Waals surface area contributed by atoms with Crippen LogP contribution in [0, 0.1) is 12.7 Å². The summed E-state index contributed by atoms with van der Waals surface area (Å²) >= 11 is 13.1. The highest BCUT2D eigenvalue weighted by atomic mass is 35.5. The molecule has 1 aliphatic rings. The van der Waals surface area contributed by atoms with E-state index in [1.165, 1.54) is 18.3 Å². The zero-order chi connectivity index (χ0) is 27.6. The number of ketones is 1. The minimum Gasteiger partial charge on any atom is -0.485 e. The second-order valence-corrected chi connectivity index (χ2v) is 10.4. The predicted octanol–water partition coefficient (Wildman–Crippen LogP) is 5.26. The fourth-order valence-electron chi connectivity index (χ4n) is 3.92. The molecule has 8 nitrogen and oxygen atoms in total. The fraction of sp³-hybridized carbons (Fsp3) is 0.375. The molecule has 1 aromatic carbocycles. The Labute approximate surface area is 229 Å². The van der Waals surface area contributed by atoms with E-state index in [1.807, 2.05) is 0 Å². The number of carbonyl (C=O) groups is 2. The molecule has 0 bridgehead atoms. The lowest BCUT2D eigenvalue weighted by atomic mass is 9.85. The molecule has 0 spiro atoms. The summed E-state index contributed by atoms with van der Waals surface area (Å²) in [6.45, 7) is 2.32. The first-order valence-corrected chi connectivity index (χ1v) is 12.8.